The Bertz CT molecular complexity index is 622. The minimum absolute atomic E-state index is 0.0310. The summed E-state index contributed by atoms with van der Waals surface area (Å²) in [6.45, 7) is 1.98. The molecule has 0 spiro atoms. The molecule has 1 aromatic rings. The van der Waals surface area contributed by atoms with Crippen molar-refractivity contribution in [1.82, 2.24) is 5.32 Å². The summed E-state index contributed by atoms with van der Waals surface area (Å²) in [5, 5.41) is 4.81. The predicted octanol–water partition coefficient (Wildman–Crippen LogP) is 1.19. The molecule has 0 aliphatic carbocycles. The summed E-state index contributed by atoms with van der Waals surface area (Å²) in [5.41, 5.74) is 0.602. The van der Waals surface area contributed by atoms with Crippen molar-refractivity contribution in [3.63, 3.8) is 0 Å². The van der Waals surface area contributed by atoms with Gasteiger partial charge in [0, 0.05) is 23.9 Å². The molecular formula is C16H20N2O5S. The fraction of sp³-hybridized carbons (Fsp3) is 0.438. The number of ether oxygens (including phenoxy) is 2. The van der Waals surface area contributed by atoms with Crippen LogP contribution in [0.1, 0.15) is 13.3 Å². The van der Waals surface area contributed by atoms with Crippen molar-refractivity contribution < 1.29 is 23.9 Å². The molecule has 1 aliphatic heterocycles. The number of hydrogen-bond donors (Lipinski definition) is 2. The van der Waals surface area contributed by atoms with Crippen molar-refractivity contribution in [3.8, 4) is 5.75 Å². The number of methoxy groups -OCH3 is 1. The van der Waals surface area contributed by atoms with Gasteiger partial charge in [-0.05, 0) is 19.1 Å². The van der Waals surface area contributed by atoms with Gasteiger partial charge in [0.15, 0.2) is 0 Å². The van der Waals surface area contributed by atoms with Crippen LogP contribution in [-0.4, -0.2) is 48.5 Å². The van der Waals surface area contributed by atoms with Crippen LogP contribution >= 0.6 is 11.8 Å². The van der Waals surface area contributed by atoms with Crippen LogP contribution in [0.3, 0.4) is 0 Å². The number of amides is 2. The predicted molar refractivity (Wildman–Crippen MR) is 91.1 cm³/mol. The van der Waals surface area contributed by atoms with Gasteiger partial charge < -0.3 is 20.1 Å². The Morgan fingerprint density at radius 1 is 1.42 bits per heavy atom. The second-order valence-corrected chi connectivity index (χ2v) is 6.36. The van der Waals surface area contributed by atoms with E-state index in [4.69, 9.17) is 9.47 Å². The summed E-state index contributed by atoms with van der Waals surface area (Å²) in [5.74, 6) is -0.0233. The first-order valence-electron chi connectivity index (χ1n) is 7.56. The molecule has 7 nitrogen and oxygen atoms in total. The third kappa shape index (κ3) is 4.89. The van der Waals surface area contributed by atoms with Crippen molar-refractivity contribution in [2.24, 2.45) is 0 Å². The zero-order valence-corrected chi connectivity index (χ0v) is 14.4. The van der Waals surface area contributed by atoms with Crippen LogP contribution in [-0.2, 0) is 19.1 Å². The fourth-order valence-electron chi connectivity index (χ4n) is 2.20. The Balaban J connectivity index is 1.86. The maximum absolute atomic E-state index is 12.1. The Kier molecular flexibility index (Phi) is 6.48. The zero-order chi connectivity index (χ0) is 17.5. The molecule has 8 heteroatoms. The van der Waals surface area contributed by atoms with Gasteiger partial charge in [0.2, 0.25) is 11.8 Å². The van der Waals surface area contributed by atoms with Gasteiger partial charge in [-0.25, -0.2) is 4.79 Å². The highest BCUT2D eigenvalue weighted by Crippen LogP contribution is 2.23. The molecule has 0 aromatic heterocycles. The summed E-state index contributed by atoms with van der Waals surface area (Å²) < 4.78 is 9.98. The van der Waals surface area contributed by atoms with Crippen molar-refractivity contribution in [3.05, 3.63) is 24.3 Å². The van der Waals surface area contributed by atoms with Crippen molar-refractivity contribution in [1.29, 1.82) is 0 Å². The Morgan fingerprint density at radius 2 is 2.21 bits per heavy atom. The summed E-state index contributed by atoms with van der Waals surface area (Å²) in [6.07, 6.45) is 0.0310. The Morgan fingerprint density at radius 3 is 2.88 bits per heavy atom. The van der Waals surface area contributed by atoms with Gasteiger partial charge in [-0.1, -0.05) is 6.07 Å². The molecule has 1 saturated heterocycles. The highest BCUT2D eigenvalue weighted by atomic mass is 32.2. The van der Waals surface area contributed by atoms with E-state index in [1.54, 1.807) is 38.3 Å². The van der Waals surface area contributed by atoms with Crippen LogP contribution in [0.15, 0.2) is 24.3 Å². The molecule has 0 saturated carbocycles. The quantitative estimate of drug-likeness (QED) is 0.747. The van der Waals surface area contributed by atoms with Crippen LogP contribution in [0.4, 0.5) is 5.69 Å². The van der Waals surface area contributed by atoms with E-state index in [1.807, 2.05) is 0 Å². The van der Waals surface area contributed by atoms with Gasteiger partial charge in [0.1, 0.15) is 11.8 Å². The molecule has 2 rings (SSSR count). The van der Waals surface area contributed by atoms with Gasteiger partial charge in [0.25, 0.3) is 0 Å². The number of benzene rings is 1. The van der Waals surface area contributed by atoms with Crippen LogP contribution in [0.5, 0.6) is 5.75 Å². The molecule has 0 radical (unpaired) electrons. The first-order valence-corrected chi connectivity index (χ1v) is 8.61. The summed E-state index contributed by atoms with van der Waals surface area (Å²) in [6, 6.07) is 6.32. The van der Waals surface area contributed by atoms with E-state index in [1.165, 1.54) is 11.8 Å². The second kappa shape index (κ2) is 8.58. The lowest BCUT2D eigenvalue weighted by atomic mass is 10.2. The number of nitrogens with one attached hydrogen (secondary N) is 2. The standard InChI is InChI=1S/C16H20N2O5S/c1-3-23-16(21)12-9-24-13(15(20)18-12)8-14(19)17-10-5-4-6-11(7-10)22-2/h4-7,12-13H,3,8-9H2,1-2H3,(H,17,19)(H,18,20)/t12-,13+/m1/s1. The number of carbonyl (C=O) groups excluding carboxylic acids is 3. The van der Waals surface area contributed by atoms with E-state index in [0.717, 1.165) is 0 Å². The highest BCUT2D eigenvalue weighted by Gasteiger charge is 2.34. The molecule has 1 aliphatic rings. The van der Waals surface area contributed by atoms with Crippen LogP contribution < -0.4 is 15.4 Å². The van der Waals surface area contributed by atoms with Gasteiger partial charge >= 0.3 is 5.97 Å². The molecule has 2 atom stereocenters. The summed E-state index contributed by atoms with van der Waals surface area (Å²) in [7, 11) is 1.55. The minimum Gasteiger partial charge on any atom is -0.497 e. The maximum Gasteiger partial charge on any atom is 0.329 e. The number of esters is 1. The fourth-order valence-corrected chi connectivity index (χ4v) is 3.33. The maximum atomic E-state index is 12.1. The molecule has 1 fully saturated rings. The lowest BCUT2D eigenvalue weighted by Crippen LogP contribution is -2.51. The molecule has 2 amide bonds. The molecule has 1 aromatic carbocycles. The van der Waals surface area contributed by atoms with E-state index < -0.39 is 17.3 Å². The Labute approximate surface area is 144 Å². The second-order valence-electron chi connectivity index (χ2n) is 5.12. The van der Waals surface area contributed by atoms with Gasteiger partial charge in [0.05, 0.1) is 19.0 Å². The lowest BCUT2D eigenvalue weighted by molar-refractivity contribution is -0.146. The minimum atomic E-state index is -0.653. The van der Waals surface area contributed by atoms with Crippen molar-refractivity contribution >= 4 is 35.2 Å². The summed E-state index contributed by atoms with van der Waals surface area (Å²) in [4.78, 5) is 35.8. The first kappa shape index (κ1) is 18.1. The van der Waals surface area contributed by atoms with E-state index in [-0.39, 0.29) is 24.8 Å². The van der Waals surface area contributed by atoms with Gasteiger partial charge in [-0.15, -0.1) is 11.8 Å². The number of thioether (sulfide) groups is 1. The largest absolute Gasteiger partial charge is 0.497 e. The average Bonchev–Trinajstić information content (AvgIpc) is 2.57. The number of hydrogen-bond acceptors (Lipinski definition) is 6. The van der Waals surface area contributed by atoms with E-state index in [2.05, 4.69) is 10.6 Å². The molecule has 24 heavy (non-hydrogen) atoms. The van der Waals surface area contributed by atoms with Crippen LogP contribution in [0, 0.1) is 0 Å². The topological polar surface area (TPSA) is 93.7 Å². The third-order valence-corrected chi connectivity index (χ3v) is 4.68. The summed E-state index contributed by atoms with van der Waals surface area (Å²) >= 11 is 1.28. The molecule has 0 unspecified atom stereocenters. The molecule has 2 N–H and O–H groups in total. The van der Waals surface area contributed by atoms with Crippen LogP contribution in [0.2, 0.25) is 0 Å². The smallest absolute Gasteiger partial charge is 0.329 e. The molecule has 0 bridgehead atoms. The third-order valence-electron chi connectivity index (χ3n) is 3.37. The van der Waals surface area contributed by atoms with E-state index >= 15 is 0 Å². The normalized spacial score (nSPS) is 20.0. The zero-order valence-electron chi connectivity index (χ0n) is 13.5. The highest BCUT2D eigenvalue weighted by molar-refractivity contribution is 8.00. The van der Waals surface area contributed by atoms with Crippen molar-refractivity contribution in [2.45, 2.75) is 24.6 Å². The van der Waals surface area contributed by atoms with E-state index in [9.17, 15) is 14.4 Å². The van der Waals surface area contributed by atoms with Gasteiger partial charge in [-0.3, -0.25) is 9.59 Å². The number of carbonyl (C=O) groups is 3. The van der Waals surface area contributed by atoms with E-state index in [0.29, 0.717) is 17.2 Å². The molecule has 1 heterocycles. The van der Waals surface area contributed by atoms with Crippen LogP contribution in [0.25, 0.3) is 0 Å². The molecule has 130 valence electrons. The monoisotopic (exact) mass is 352 g/mol. The first-order chi connectivity index (χ1) is 11.5. The molecular weight excluding hydrogens is 332 g/mol. The number of rotatable bonds is 6. The lowest BCUT2D eigenvalue weighted by Gasteiger charge is -2.27. The SMILES string of the molecule is CCOC(=O)[C@H]1CS[C@@H](CC(=O)Nc2cccc(OC)c2)C(=O)N1. The average molecular weight is 352 g/mol. The van der Waals surface area contributed by atoms with Crippen molar-refractivity contribution in [2.75, 3.05) is 24.8 Å². The number of anilines is 1. The van der Waals surface area contributed by atoms with Gasteiger partial charge in [-0.2, -0.15) is 0 Å². The Hall–Kier alpha value is -2.22.